The standard InChI is InChI=1S/C16H17F2N2O7P/c17-10-3-1-2-9(4-10)7-24-28(23)25-8-13-12(27-28)5-14(26-13)20-6-11(18)15(21)19-16(20)22/h1-4,6,12-14,23,28H,5,7-8H2,(H,19,21,22)/t12-,13+,14+/m0/s1. The summed E-state index contributed by atoms with van der Waals surface area (Å²) in [5.74, 6) is -1.56. The van der Waals surface area contributed by atoms with Crippen molar-refractivity contribution in [2.45, 2.75) is 31.5 Å². The number of fused-ring (bicyclic) bond motifs is 1. The fourth-order valence-corrected chi connectivity index (χ4v) is 4.68. The van der Waals surface area contributed by atoms with Crippen LogP contribution in [0.5, 0.6) is 0 Å². The Bertz CT molecular complexity index is 999. The molecule has 2 aliphatic rings. The van der Waals surface area contributed by atoms with Gasteiger partial charge in [-0.2, -0.15) is 0 Å². The van der Waals surface area contributed by atoms with Crippen molar-refractivity contribution in [2.75, 3.05) is 6.61 Å². The molecule has 2 aliphatic heterocycles. The van der Waals surface area contributed by atoms with Gasteiger partial charge in [0.25, 0.3) is 0 Å². The molecule has 152 valence electrons. The van der Waals surface area contributed by atoms with Crippen LogP contribution in [0.2, 0.25) is 0 Å². The zero-order chi connectivity index (χ0) is 19.9. The summed E-state index contributed by atoms with van der Waals surface area (Å²) in [6.45, 7) is -0.180. The number of hydrogen-bond acceptors (Lipinski definition) is 7. The summed E-state index contributed by atoms with van der Waals surface area (Å²) < 4.78 is 49.5. The van der Waals surface area contributed by atoms with E-state index < -0.39 is 49.5 Å². The van der Waals surface area contributed by atoms with Crippen molar-refractivity contribution in [3.05, 3.63) is 68.5 Å². The third-order valence-corrected chi connectivity index (χ3v) is 6.10. The number of rotatable bonds is 4. The molecule has 0 aliphatic carbocycles. The first kappa shape index (κ1) is 19.3. The molecule has 0 saturated carbocycles. The Kier molecular flexibility index (Phi) is 5.13. The second-order valence-corrected chi connectivity index (χ2v) is 8.28. The van der Waals surface area contributed by atoms with Crippen LogP contribution in [-0.4, -0.2) is 33.3 Å². The quantitative estimate of drug-likeness (QED) is 0.716. The van der Waals surface area contributed by atoms with Gasteiger partial charge in [-0.15, -0.1) is 0 Å². The van der Waals surface area contributed by atoms with Crippen LogP contribution in [0.1, 0.15) is 18.2 Å². The molecule has 12 heteroatoms. The normalized spacial score (nSPS) is 27.3. The molecular formula is C16H17F2N2O7P. The molecule has 0 bridgehead atoms. The molecule has 0 spiro atoms. The summed E-state index contributed by atoms with van der Waals surface area (Å²) in [6, 6.07) is 5.67. The van der Waals surface area contributed by atoms with Gasteiger partial charge in [0.05, 0.1) is 0 Å². The van der Waals surface area contributed by atoms with Crippen LogP contribution in [0.4, 0.5) is 8.78 Å². The predicted octanol–water partition coefficient (Wildman–Crippen LogP) is 1.14. The number of aromatic amines is 1. The fraction of sp³-hybridized carbons (Fsp3) is 0.375. The van der Waals surface area contributed by atoms with Crippen LogP contribution < -0.4 is 11.2 Å². The molecule has 0 unspecified atom stereocenters. The zero-order valence-corrected chi connectivity index (χ0v) is 15.3. The molecule has 1 aromatic carbocycles. The number of aromatic nitrogens is 2. The summed E-state index contributed by atoms with van der Waals surface area (Å²) in [6.07, 6.45) is -1.31. The van der Waals surface area contributed by atoms with E-state index in [1.165, 1.54) is 18.2 Å². The van der Waals surface area contributed by atoms with Crippen LogP contribution in [0.3, 0.4) is 0 Å². The molecule has 9 nitrogen and oxygen atoms in total. The molecule has 2 aromatic rings. The molecule has 3 atom stereocenters. The van der Waals surface area contributed by atoms with E-state index in [-0.39, 0.29) is 19.6 Å². The number of ether oxygens (including phenoxy) is 1. The van der Waals surface area contributed by atoms with Gasteiger partial charge in [0.2, 0.25) is 0 Å². The third-order valence-electron chi connectivity index (χ3n) is 4.46. The summed E-state index contributed by atoms with van der Waals surface area (Å²) >= 11 is 0. The zero-order valence-electron chi connectivity index (χ0n) is 14.3. The molecule has 3 heterocycles. The second-order valence-electron chi connectivity index (χ2n) is 6.42. The number of benzene rings is 1. The van der Waals surface area contributed by atoms with Crippen molar-refractivity contribution < 1.29 is 32.0 Å². The van der Waals surface area contributed by atoms with E-state index in [4.69, 9.17) is 18.3 Å². The molecule has 2 fully saturated rings. The number of H-pyrrole nitrogens is 1. The van der Waals surface area contributed by atoms with E-state index in [2.05, 4.69) is 0 Å². The van der Waals surface area contributed by atoms with E-state index in [1.807, 2.05) is 4.98 Å². The van der Waals surface area contributed by atoms with Crippen LogP contribution in [0.25, 0.3) is 0 Å². The van der Waals surface area contributed by atoms with Gasteiger partial charge in [0.15, 0.2) is 0 Å². The molecule has 1 aromatic heterocycles. The maximum absolute atomic E-state index is 13.5. The van der Waals surface area contributed by atoms with Crippen molar-refractivity contribution in [3.8, 4) is 0 Å². The van der Waals surface area contributed by atoms with E-state index >= 15 is 0 Å². The van der Waals surface area contributed by atoms with Crippen molar-refractivity contribution in [3.63, 3.8) is 0 Å². The fourth-order valence-electron chi connectivity index (χ4n) is 3.11. The first-order valence-electron chi connectivity index (χ1n) is 8.42. The Morgan fingerprint density at radius 3 is 2.93 bits per heavy atom. The number of hydrogen-bond donors (Lipinski definition) is 2. The average molecular weight is 418 g/mol. The molecule has 4 rings (SSSR count). The molecule has 0 amide bonds. The van der Waals surface area contributed by atoms with Gasteiger partial charge in [-0.3, -0.25) is 0 Å². The summed E-state index contributed by atoms with van der Waals surface area (Å²) in [4.78, 5) is 35.4. The van der Waals surface area contributed by atoms with Crippen LogP contribution in [-0.2, 0) is 24.9 Å². The van der Waals surface area contributed by atoms with Gasteiger partial charge in [-0.1, -0.05) is 0 Å². The van der Waals surface area contributed by atoms with Crippen molar-refractivity contribution >= 4 is 8.17 Å². The minimum absolute atomic E-state index is 0.0619. The van der Waals surface area contributed by atoms with Gasteiger partial charge in [0.1, 0.15) is 0 Å². The maximum atomic E-state index is 13.5. The first-order valence-corrected chi connectivity index (χ1v) is 10.1. The Morgan fingerprint density at radius 1 is 1.32 bits per heavy atom. The molecule has 2 saturated heterocycles. The topological polar surface area (TPSA) is 112 Å². The predicted molar refractivity (Wildman–Crippen MR) is 92.4 cm³/mol. The van der Waals surface area contributed by atoms with Crippen molar-refractivity contribution in [1.29, 1.82) is 0 Å². The van der Waals surface area contributed by atoms with Gasteiger partial charge in [0, 0.05) is 0 Å². The first-order chi connectivity index (χ1) is 13.3. The van der Waals surface area contributed by atoms with E-state index in [1.54, 1.807) is 6.07 Å². The number of nitrogens with zero attached hydrogens (tertiary/aromatic N) is 1. The summed E-state index contributed by atoms with van der Waals surface area (Å²) in [5, 5.41) is 0. The number of halogens is 2. The van der Waals surface area contributed by atoms with Gasteiger partial charge in [-0.05, 0) is 0 Å². The molecule has 0 radical (unpaired) electrons. The minimum atomic E-state index is -4.01. The molecule has 2 N–H and O–H groups in total. The van der Waals surface area contributed by atoms with Gasteiger partial charge in [-0.25, -0.2) is 0 Å². The second kappa shape index (κ2) is 7.43. The average Bonchev–Trinajstić information content (AvgIpc) is 3.06. The van der Waals surface area contributed by atoms with Gasteiger partial charge < -0.3 is 0 Å². The Balaban J connectivity index is 1.44. The van der Waals surface area contributed by atoms with E-state index in [9.17, 15) is 23.3 Å². The van der Waals surface area contributed by atoms with Crippen LogP contribution >= 0.6 is 8.17 Å². The monoisotopic (exact) mass is 418 g/mol. The Hall–Kier alpha value is -2.01. The van der Waals surface area contributed by atoms with E-state index in [0.717, 1.165) is 10.8 Å². The Morgan fingerprint density at radius 2 is 2.14 bits per heavy atom. The SMILES string of the molecule is O=c1[nH]c(=O)n([C@H]2C[C@@H]3O[PH](O)(OCc4cccc(F)c4)OC[C@H]3O2)cc1F. The molecular weight excluding hydrogens is 401 g/mol. The van der Waals surface area contributed by atoms with E-state index in [0.29, 0.717) is 5.56 Å². The van der Waals surface area contributed by atoms with Crippen LogP contribution in [0, 0.1) is 11.6 Å². The van der Waals surface area contributed by atoms with Crippen LogP contribution in [0.15, 0.2) is 40.1 Å². The summed E-state index contributed by atoms with van der Waals surface area (Å²) in [7, 11) is -4.01. The third kappa shape index (κ3) is 3.90. The Labute approximate surface area is 157 Å². The number of nitrogens with one attached hydrogen (secondary N) is 1. The molecule has 28 heavy (non-hydrogen) atoms. The summed E-state index contributed by atoms with van der Waals surface area (Å²) in [5.41, 5.74) is -1.46. The van der Waals surface area contributed by atoms with Crippen molar-refractivity contribution in [1.82, 2.24) is 9.55 Å². The van der Waals surface area contributed by atoms with Gasteiger partial charge >= 0.3 is 156 Å². The van der Waals surface area contributed by atoms with Crippen molar-refractivity contribution in [2.24, 2.45) is 0 Å².